The molecule has 0 bridgehead atoms. The highest BCUT2D eigenvalue weighted by Crippen LogP contribution is 2.29. The summed E-state index contributed by atoms with van der Waals surface area (Å²) in [6.07, 6.45) is 0.419. The summed E-state index contributed by atoms with van der Waals surface area (Å²) < 4.78 is 19.9. The molecule has 0 aliphatic carbocycles. The van der Waals surface area contributed by atoms with Crippen LogP contribution < -0.4 is 15.6 Å². The molecule has 1 aromatic carbocycles. The highest BCUT2D eigenvalue weighted by atomic mass is 19.1. The number of halogens is 1. The number of pyridine rings is 1. The number of carbonyl (C=O) groups excluding carboxylic acids is 1. The highest BCUT2D eigenvalue weighted by Gasteiger charge is 2.33. The largest absolute Gasteiger partial charge is 0.483 e. The Bertz CT molecular complexity index is 1190. The average molecular weight is 425 g/mol. The van der Waals surface area contributed by atoms with E-state index in [2.05, 4.69) is 32.1 Å². The Hall–Kier alpha value is -3.33. The minimum absolute atomic E-state index is 0.00565. The van der Waals surface area contributed by atoms with Gasteiger partial charge in [0.15, 0.2) is 5.75 Å². The molecule has 2 aromatic heterocycles. The van der Waals surface area contributed by atoms with E-state index in [4.69, 9.17) is 4.74 Å². The second-order valence-electron chi connectivity index (χ2n) is 7.58. The number of fused-ring (bicyclic) bond motifs is 1. The van der Waals surface area contributed by atoms with Crippen LogP contribution in [0.2, 0.25) is 0 Å². The second-order valence-corrected chi connectivity index (χ2v) is 7.58. The molecule has 8 nitrogen and oxygen atoms in total. The number of aromatic amines is 1. The van der Waals surface area contributed by atoms with Gasteiger partial charge in [0.25, 0.3) is 17.4 Å². The fraction of sp³-hybridized carbons (Fsp3) is 0.364. The number of hydrogen-bond acceptors (Lipinski definition) is 6. The van der Waals surface area contributed by atoms with Gasteiger partial charge in [-0.15, -0.1) is 0 Å². The lowest BCUT2D eigenvalue weighted by molar-refractivity contribution is -0.00747. The van der Waals surface area contributed by atoms with Gasteiger partial charge < -0.3 is 15.0 Å². The zero-order valence-corrected chi connectivity index (χ0v) is 17.6. The summed E-state index contributed by atoms with van der Waals surface area (Å²) in [6, 6.07) is 8.83. The van der Waals surface area contributed by atoms with Crippen molar-refractivity contribution in [2.24, 2.45) is 0 Å². The SMILES string of the molecule is CCc1nc2ccc([C@H](C)N3CC(Oc4ccc(C(=O)NC)nc4F)C3)cc2[nH]c1=O. The molecule has 4 rings (SSSR count). The molecular weight excluding hydrogens is 401 g/mol. The number of nitrogens with one attached hydrogen (secondary N) is 2. The van der Waals surface area contributed by atoms with Gasteiger partial charge in [-0.25, -0.2) is 9.97 Å². The number of aryl methyl sites for hydroxylation is 1. The maximum absolute atomic E-state index is 14.2. The third-order valence-electron chi connectivity index (χ3n) is 5.60. The fourth-order valence-electron chi connectivity index (χ4n) is 3.66. The topological polar surface area (TPSA) is 100 Å². The first-order valence-corrected chi connectivity index (χ1v) is 10.2. The first-order valence-electron chi connectivity index (χ1n) is 10.2. The van der Waals surface area contributed by atoms with Crippen molar-refractivity contribution in [1.82, 2.24) is 25.2 Å². The molecular formula is C22H24FN5O3. The Balaban J connectivity index is 1.41. The van der Waals surface area contributed by atoms with Gasteiger partial charge in [-0.1, -0.05) is 13.0 Å². The van der Waals surface area contributed by atoms with Gasteiger partial charge in [-0.05, 0) is 43.2 Å². The molecule has 0 saturated carbocycles. The van der Waals surface area contributed by atoms with Crippen LogP contribution in [0, 0.1) is 5.95 Å². The summed E-state index contributed by atoms with van der Waals surface area (Å²) in [5.74, 6) is -1.22. The van der Waals surface area contributed by atoms with Crippen LogP contribution in [0.1, 0.15) is 41.6 Å². The number of ether oxygens (including phenoxy) is 1. The number of nitrogens with zero attached hydrogens (tertiary/aromatic N) is 3. The number of aromatic nitrogens is 3. The molecule has 1 aliphatic rings. The van der Waals surface area contributed by atoms with Crippen LogP contribution in [-0.4, -0.2) is 52.0 Å². The van der Waals surface area contributed by atoms with Crippen LogP contribution in [0.25, 0.3) is 11.0 Å². The smallest absolute Gasteiger partial charge is 0.270 e. The Morgan fingerprint density at radius 1 is 1.32 bits per heavy atom. The first kappa shape index (κ1) is 20.9. The lowest BCUT2D eigenvalue weighted by atomic mass is 10.0. The second kappa shape index (κ2) is 8.43. The highest BCUT2D eigenvalue weighted by molar-refractivity contribution is 5.92. The third kappa shape index (κ3) is 4.13. The number of benzene rings is 1. The lowest BCUT2D eigenvalue weighted by Crippen LogP contribution is -2.54. The average Bonchev–Trinajstić information content (AvgIpc) is 2.74. The molecule has 3 aromatic rings. The van der Waals surface area contributed by atoms with E-state index in [1.165, 1.54) is 19.2 Å². The van der Waals surface area contributed by atoms with Gasteiger partial charge in [0.05, 0.1) is 11.0 Å². The summed E-state index contributed by atoms with van der Waals surface area (Å²) >= 11 is 0. The maximum Gasteiger partial charge on any atom is 0.270 e. The molecule has 31 heavy (non-hydrogen) atoms. The number of carbonyl (C=O) groups is 1. The Morgan fingerprint density at radius 2 is 2.10 bits per heavy atom. The summed E-state index contributed by atoms with van der Waals surface area (Å²) in [5, 5.41) is 2.41. The molecule has 9 heteroatoms. The van der Waals surface area contributed by atoms with Crippen molar-refractivity contribution in [2.45, 2.75) is 32.4 Å². The van der Waals surface area contributed by atoms with Crippen LogP contribution in [0.15, 0.2) is 35.1 Å². The van der Waals surface area contributed by atoms with Gasteiger partial charge in [-0.3, -0.25) is 14.5 Å². The normalized spacial score (nSPS) is 15.5. The molecule has 1 amide bonds. The van der Waals surface area contributed by atoms with E-state index in [-0.39, 0.29) is 29.1 Å². The maximum atomic E-state index is 14.2. The molecule has 162 valence electrons. The van der Waals surface area contributed by atoms with Gasteiger partial charge in [0.2, 0.25) is 0 Å². The molecule has 3 heterocycles. The number of H-pyrrole nitrogens is 1. The minimum atomic E-state index is -0.801. The van der Waals surface area contributed by atoms with Gasteiger partial charge in [-0.2, -0.15) is 4.39 Å². The summed E-state index contributed by atoms with van der Waals surface area (Å²) in [5.41, 5.74) is 2.91. The third-order valence-corrected chi connectivity index (χ3v) is 5.60. The standard InChI is InChI=1S/C22H24FN5O3/c1-4-15-22(30)27-18-9-13(5-6-16(18)25-15)12(2)28-10-14(11-28)31-19-8-7-17(21(29)24-3)26-20(19)23/h5-9,12,14H,4,10-11H2,1-3H3,(H,24,29)(H,27,30)/t12-/m0/s1. The molecule has 1 saturated heterocycles. The molecule has 2 N–H and O–H groups in total. The molecule has 0 radical (unpaired) electrons. The van der Waals surface area contributed by atoms with E-state index in [1.54, 1.807) is 0 Å². The van der Waals surface area contributed by atoms with Crippen LogP contribution in [-0.2, 0) is 6.42 Å². The number of amides is 1. The summed E-state index contributed by atoms with van der Waals surface area (Å²) in [6.45, 7) is 5.23. The van der Waals surface area contributed by atoms with Crippen molar-refractivity contribution >= 4 is 16.9 Å². The van der Waals surface area contributed by atoms with Crippen LogP contribution in [0.3, 0.4) is 0 Å². The van der Waals surface area contributed by atoms with Crippen molar-refractivity contribution in [2.75, 3.05) is 20.1 Å². The Morgan fingerprint density at radius 3 is 2.77 bits per heavy atom. The van der Waals surface area contributed by atoms with Crippen molar-refractivity contribution in [3.63, 3.8) is 0 Å². The summed E-state index contributed by atoms with van der Waals surface area (Å²) in [7, 11) is 1.46. The molecule has 0 spiro atoms. The lowest BCUT2D eigenvalue weighted by Gasteiger charge is -2.42. The van der Waals surface area contributed by atoms with Gasteiger partial charge in [0, 0.05) is 26.2 Å². The zero-order valence-electron chi connectivity index (χ0n) is 17.6. The van der Waals surface area contributed by atoms with Crippen molar-refractivity contribution in [1.29, 1.82) is 0 Å². The molecule has 1 atom stereocenters. The van der Waals surface area contributed by atoms with Crippen LogP contribution in [0.4, 0.5) is 4.39 Å². The first-order chi connectivity index (χ1) is 14.9. The fourth-order valence-corrected chi connectivity index (χ4v) is 3.66. The minimum Gasteiger partial charge on any atom is -0.483 e. The van der Waals surface area contributed by atoms with Gasteiger partial charge in [0.1, 0.15) is 17.5 Å². The quantitative estimate of drug-likeness (QED) is 0.588. The van der Waals surface area contributed by atoms with E-state index < -0.39 is 11.9 Å². The van der Waals surface area contributed by atoms with E-state index >= 15 is 0 Å². The van der Waals surface area contributed by atoms with Crippen molar-refractivity contribution < 1.29 is 13.9 Å². The van der Waals surface area contributed by atoms with E-state index in [1.807, 2.05) is 25.1 Å². The molecule has 1 aliphatic heterocycles. The Kier molecular flexibility index (Phi) is 5.69. The predicted octanol–water partition coefficient (Wildman–Crippen LogP) is 2.20. The van der Waals surface area contributed by atoms with Crippen LogP contribution >= 0.6 is 0 Å². The van der Waals surface area contributed by atoms with E-state index in [0.717, 1.165) is 11.1 Å². The molecule has 1 fully saturated rings. The predicted molar refractivity (Wildman–Crippen MR) is 114 cm³/mol. The monoisotopic (exact) mass is 425 g/mol. The zero-order chi connectivity index (χ0) is 22.1. The molecule has 0 unspecified atom stereocenters. The number of rotatable bonds is 6. The number of likely N-dealkylation sites (tertiary alicyclic amines) is 1. The van der Waals surface area contributed by atoms with Crippen molar-refractivity contribution in [3.8, 4) is 5.75 Å². The Labute approximate surface area is 178 Å². The van der Waals surface area contributed by atoms with Gasteiger partial charge >= 0.3 is 0 Å². The van der Waals surface area contributed by atoms with E-state index in [9.17, 15) is 14.0 Å². The van der Waals surface area contributed by atoms with Crippen molar-refractivity contribution in [3.05, 3.63) is 63.6 Å². The van der Waals surface area contributed by atoms with E-state index in [0.29, 0.717) is 30.7 Å². The summed E-state index contributed by atoms with van der Waals surface area (Å²) in [4.78, 5) is 36.8. The van der Waals surface area contributed by atoms with Crippen LogP contribution in [0.5, 0.6) is 5.75 Å². The number of hydrogen-bond donors (Lipinski definition) is 2.